The van der Waals surface area contributed by atoms with Gasteiger partial charge in [0, 0.05) is 12.6 Å². The van der Waals surface area contributed by atoms with Gasteiger partial charge < -0.3 is 4.90 Å². The van der Waals surface area contributed by atoms with Gasteiger partial charge in [-0.2, -0.15) is 5.26 Å². The van der Waals surface area contributed by atoms with E-state index in [0.29, 0.717) is 12.2 Å². The van der Waals surface area contributed by atoms with Crippen molar-refractivity contribution < 1.29 is 12.8 Å². The fraction of sp³-hybridized carbons (Fsp3) is 0.462. The summed E-state index contributed by atoms with van der Waals surface area (Å²) < 4.78 is 38.8. The van der Waals surface area contributed by atoms with E-state index in [1.54, 1.807) is 0 Å². The van der Waals surface area contributed by atoms with E-state index in [0.717, 1.165) is 12.8 Å². The number of hydrogen-bond donors (Lipinski definition) is 1. The van der Waals surface area contributed by atoms with E-state index in [-0.39, 0.29) is 17.4 Å². The summed E-state index contributed by atoms with van der Waals surface area (Å²) in [5.74, 6) is -0.491. The van der Waals surface area contributed by atoms with Gasteiger partial charge in [-0.3, -0.25) is 0 Å². The van der Waals surface area contributed by atoms with E-state index in [1.165, 1.54) is 25.2 Å². The zero-order chi connectivity index (χ0) is 14.8. The SMILES string of the molecule is CNS(=O)(=O)C[C@@H]1CCCN1c1ccc(F)cc1C#N. The quantitative estimate of drug-likeness (QED) is 0.907. The first-order valence-corrected chi connectivity index (χ1v) is 7.99. The molecule has 0 aromatic heterocycles. The third-order valence-corrected chi connectivity index (χ3v) is 4.93. The molecule has 5 nitrogen and oxygen atoms in total. The fourth-order valence-electron chi connectivity index (χ4n) is 2.51. The number of nitrogens with zero attached hydrogens (tertiary/aromatic N) is 2. The Morgan fingerprint density at radius 1 is 1.55 bits per heavy atom. The second-order valence-electron chi connectivity index (χ2n) is 4.75. The molecule has 0 radical (unpaired) electrons. The van der Waals surface area contributed by atoms with Crippen LogP contribution >= 0.6 is 0 Å². The van der Waals surface area contributed by atoms with Gasteiger partial charge in [-0.25, -0.2) is 17.5 Å². The lowest BCUT2D eigenvalue weighted by Gasteiger charge is -2.27. The molecule has 108 valence electrons. The van der Waals surface area contributed by atoms with Crippen LogP contribution in [0.5, 0.6) is 0 Å². The van der Waals surface area contributed by atoms with E-state index < -0.39 is 15.8 Å². The maximum atomic E-state index is 13.2. The maximum absolute atomic E-state index is 13.2. The minimum atomic E-state index is -3.32. The summed E-state index contributed by atoms with van der Waals surface area (Å²) in [7, 11) is -1.94. The molecule has 0 saturated carbocycles. The Balaban J connectivity index is 2.30. The van der Waals surface area contributed by atoms with Crippen LogP contribution in [0.4, 0.5) is 10.1 Å². The first kappa shape index (κ1) is 14.8. The maximum Gasteiger partial charge on any atom is 0.213 e. The van der Waals surface area contributed by atoms with Crippen LogP contribution in [0.3, 0.4) is 0 Å². The van der Waals surface area contributed by atoms with Crippen molar-refractivity contribution in [1.82, 2.24) is 4.72 Å². The Kier molecular flexibility index (Phi) is 4.26. The molecular formula is C13H16FN3O2S. The van der Waals surface area contributed by atoms with Crippen molar-refractivity contribution in [3.8, 4) is 6.07 Å². The average molecular weight is 297 g/mol. The average Bonchev–Trinajstić information content (AvgIpc) is 2.85. The van der Waals surface area contributed by atoms with Gasteiger partial charge in [0.25, 0.3) is 0 Å². The van der Waals surface area contributed by atoms with Gasteiger partial charge in [0.15, 0.2) is 0 Å². The molecule has 0 aliphatic carbocycles. The van der Waals surface area contributed by atoms with Crippen LogP contribution in [0.2, 0.25) is 0 Å². The second kappa shape index (κ2) is 5.77. The highest BCUT2D eigenvalue weighted by atomic mass is 32.2. The van der Waals surface area contributed by atoms with Crippen molar-refractivity contribution in [2.45, 2.75) is 18.9 Å². The molecule has 1 aliphatic rings. The Morgan fingerprint density at radius 3 is 2.95 bits per heavy atom. The first-order valence-electron chi connectivity index (χ1n) is 6.34. The standard InChI is InChI=1S/C13H16FN3O2S/c1-16-20(18,19)9-12-3-2-6-17(12)13-5-4-11(14)7-10(13)8-15/h4-5,7,12,16H,2-3,6,9H2,1H3/t12-/m0/s1. The van der Waals surface area contributed by atoms with Gasteiger partial charge in [-0.15, -0.1) is 0 Å². The second-order valence-corrected chi connectivity index (χ2v) is 6.72. The van der Waals surface area contributed by atoms with Crippen molar-refractivity contribution in [1.29, 1.82) is 5.26 Å². The van der Waals surface area contributed by atoms with Gasteiger partial charge in [-0.1, -0.05) is 0 Å². The predicted octanol–water partition coefficient (Wildman–Crippen LogP) is 1.22. The lowest BCUT2D eigenvalue weighted by Crippen LogP contribution is -2.38. The number of sulfonamides is 1. The van der Waals surface area contributed by atoms with Crippen molar-refractivity contribution in [3.63, 3.8) is 0 Å². The number of nitrogens with one attached hydrogen (secondary N) is 1. The van der Waals surface area contributed by atoms with Crippen molar-refractivity contribution in [3.05, 3.63) is 29.6 Å². The van der Waals surface area contributed by atoms with E-state index in [4.69, 9.17) is 5.26 Å². The van der Waals surface area contributed by atoms with E-state index in [2.05, 4.69) is 4.72 Å². The molecule has 7 heteroatoms. The molecule has 1 heterocycles. The largest absolute Gasteiger partial charge is 0.366 e. The summed E-state index contributed by atoms with van der Waals surface area (Å²) in [4.78, 5) is 1.88. The Morgan fingerprint density at radius 2 is 2.30 bits per heavy atom. The highest BCUT2D eigenvalue weighted by molar-refractivity contribution is 7.89. The number of benzene rings is 1. The van der Waals surface area contributed by atoms with Crippen LogP contribution in [0.15, 0.2) is 18.2 Å². The van der Waals surface area contributed by atoms with Crippen LogP contribution in [-0.4, -0.2) is 33.8 Å². The monoisotopic (exact) mass is 297 g/mol. The lowest BCUT2D eigenvalue weighted by molar-refractivity contribution is 0.577. The third-order valence-electron chi connectivity index (χ3n) is 3.49. The number of hydrogen-bond acceptors (Lipinski definition) is 4. The van der Waals surface area contributed by atoms with E-state index in [9.17, 15) is 12.8 Å². The molecule has 0 spiro atoms. The van der Waals surface area contributed by atoms with Crippen LogP contribution in [0, 0.1) is 17.1 Å². The van der Waals surface area contributed by atoms with Gasteiger partial charge in [0.05, 0.1) is 17.0 Å². The summed E-state index contributed by atoms with van der Waals surface area (Å²) >= 11 is 0. The molecule has 1 saturated heterocycles. The summed E-state index contributed by atoms with van der Waals surface area (Å²) in [5.41, 5.74) is 0.835. The molecular weight excluding hydrogens is 281 g/mol. The van der Waals surface area contributed by atoms with Crippen molar-refractivity contribution >= 4 is 15.7 Å². The molecule has 0 unspecified atom stereocenters. The van der Waals surface area contributed by atoms with Gasteiger partial charge in [0.2, 0.25) is 10.0 Å². The zero-order valence-electron chi connectivity index (χ0n) is 11.1. The topological polar surface area (TPSA) is 73.2 Å². The summed E-state index contributed by atoms with van der Waals surface area (Å²) in [6, 6.07) is 5.78. The molecule has 1 aliphatic heterocycles. The first-order chi connectivity index (χ1) is 9.46. The molecule has 1 N–H and O–H groups in total. The van der Waals surface area contributed by atoms with Crippen LogP contribution in [0.25, 0.3) is 0 Å². The van der Waals surface area contributed by atoms with E-state index in [1.807, 2.05) is 11.0 Å². The molecule has 1 fully saturated rings. The number of halogens is 1. The molecule has 0 amide bonds. The predicted molar refractivity (Wildman–Crippen MR) is 74.3 cm³/mol. The third kappa shape index (κ3) is 3.08. The van der Waals surface area contributed by atoms with Gasteiger partial charge in [-0.05, 0) is 38.1 Å². The number of rotatable bonds is 4. The lowest BCUT2D eigenvalue weighted by atomic mass is 10.1. The van der Waals surface area contributed by atoms with E-state index >= 15 is 0 Å². The molecule has 0 bridgehead atoms. The minimum Gasteiger partial charge on any atom is -0.366 e. The van der Waals surface area contributed by atoms with Crippen molar-refractivity contribution in [2.24, 2.45) is 0 Å². The van der Waals surface area contributed by atoms with Crippen LogP contribution in [-0.2, 0) is 10.0 Å². The fourth-order valence-corrected chi connectivity index (χ4v) is 3.53. The summed E-state index contributed by atoms with van der Waals surface area (Å²) in [6.45, 7) is 0.671. The van der Waals surface area contributed by atoms with Crippen LogP contribution in [0.1, 0.15) is 18.4 Å². The highest BCUT2D eigenvalue weighted by Gasteiger charge is 2.30. The molecule has 2 rings (SSSR count). The number of nitriles is 1. The van der Waals surface area contributed by atoms with Gasteiger partial charge in [0.1, 0.15) is 11.9 Å². The zero-order valence-corrected chi connectivity index (χ0v) is 12.0. The number of anilines is 1. The minimum absolute atomic E-state index is 0.0221. The van der Waals surface area contributed by atoms with Crippen molar-refractivity contribution in [2.75, 3.05) is 24.2 Å². The Bertz CT molecular complexity index is 640. The summed E-state index contributed by atoms with van der Waals surface area (Å²) in [5, 5.41) is 9.09. The molecule has 1 aromatic rings. The molecule has 20 heavy (non-hydrogen) atoms. The Hall–Kier alpha value is -1.65. The molecule has 1 atom stereocenters. The smallest absolute Gasteiger partial charge is 0.213 e. The summed E-state index contributed by atoms with van der Waals surface area (Å²) in [6.07, 6.45) is 1.59. The molecule has 1 aromatic carbocycles. The Labute approximate surface area is 118 Å². The van der Waals surface area contributed by atoms with Gasteiger partial charge >= 0.3 is 0 Å². The van der Waals surface area contributed by atoms with Crippen LogP contribution < -0.4 is 9.62 Å². The highest BCUT2D eigenvalue weighted by Crippen LogP contribution is 2.29. The normalized spacial score (nSPS) is 19.1.